The molecule has 2 aliphatic heterocycles. The molecular formula is C40H70O6Si2. The lowest BCUT2D eigenvalue weighted by Gasteiger charge is -2.39. The lowest BCUT2D eigenvalue weighted by atomic mass is 9.95. The van der Waals surface area contributed by atoms with E-state index in [2.05, 4.69) is 112 Å². The molecule has 0 saturated carbocycles. The SMILES string of the molecule is C=C1C[C@H](C/C=C/C(C/C(C)=C\C=C\COC(=O)C(C)(C)C)O[Si](C)(C)C(C)(C)C)O[C@H](/C=C(\C)[C@@H]2O[C@H]2CO[Si](C)(C)C(C)(C)C)C1. The molecule has 2 saturated heterocycles. The van der Waals surface area contributed by atoms with Crippen molar-refractivity contribution in [1.29, 1.82) is 0 Å². The first kappa shape index (κ1) is 42.6. The zero-order valence-electron chi connectivity index (χ0n) is 33.3. The highest BCUT2D eigenvalue weighted by Gasteiger charge is 2.44. The molecule has 0 aliphatic carbocycles. The Hall–Kier alpha value is -1.56. The van der Waals surface area contributed by atoms with Gasteiger partial charge in [0.15, 0.2) is 16.6 Å². The standard InChI is InChI=1S/C40H70O6Si2/c1-29(20-17-18-23-42-37(41)38(4,5)6)24-33(46-48(15,16)40(10,11)12)22-19-21-32-25-30(2)26-34(44-32)27-31(3)36-35(45-36)28-43-47(13,14)39(7,8)9/h17-20,22,27,32-36H,2,21,23-26,28H2,1,3-16H3/b18-17+,22-19+,29-20-,31-27+/t32-,33?,34-,35-,36-/m0/s1. The van der Waals surface area contributed by atoms with Crippen LogP contribution in [-0.4, -0.2) is 66.3 Å². The predicted molar refractivity (Wildman–Crippen MR) is 206 cm³/mol. The number of esters is 1. The molecule has 48 heavy (non-hydrogen) atoms. The van der Waals surface area contributed by atoms with Crippen LogP contribution < -0.4 is 0 Å². The fourth-order valence-corrected chi connectivity index (χ4v) is 7.22. The van der Waals surface area contributed by atoms with E-state index in [4.69, 9.17) is 23.1 Å². The summed E-state index contributed by atoms with van der Waals surface area (Å²) in [6.45, 7) is 38.0. The third-order valence-corrected chi connectivity index (χ3v) is 19.2. The highest BCUT2D eigenvalue weighted by molar-refractivity contribution is 6.74. The van der Waals surface area contributed by atoms with Gasteiger partial charge in [-0.25, -0.2) is 0 Å². The Morgan fingerprint density at radius 1 is 0.938 bits per heavy atom. The third kappa shape index (κ3) is 14.0. The van der Waals surface area contributed by atoms with Crippen LogP contribution in [0.2, 0.25) is 36.3 Å². The van der Waals surface area contributed by atoms with Gasteiger partial charge in [-0.05, 0) is 108 Å². The van der Waals surface area contributed by atoms with Gasteiger partial charge in [0.25, 0.3) is 0 Å². The van der Waals surface area contributed by atoms with Gasteiger partial charge in [-0.1, -0.05) is 89.6 Å². The number of carbonyl (C=O) groups excluding carboxylic acids is 1. The second-order valence-electron chi connectivity index (χ2n) is 18.1. The van der Waals surface area contributed by atoms with Crippen LogP contribution in [0, 0.1) is 5.41 Å². The van der Waals surface area contributed by atoms with Crippen LogP contribution in [0.5, 0.6) is 0 Å². The van der Waals surface area contributed by atoms with Crippen molar-refractivity contribution in [3.63, 3.8) is 0 Å². The summed E-state index contributed by atoms with van der Waals surface area (Å²) in [4.78, 5) is 12.0. The monoisotopic (exact) mass is 702 g/mol. The normalized spacial score (nSPS) is 24.4. The van der Waals surface area contributed by atoms with Crippen LogP contribution in [0.3, 0.4) is 0 Å². The second-order valence-corrected chi connectivity index (χ2v) is 27.7. The fourth-order valence-electron chi connectivity index (χ4n) is 4.94. The average molecular weight is 703 g/mol. The van der Waals surface area contributed by atoms with Crippen LogP contribution in [0.25, 0.3) is 0 Å². The summed E-state index contributed by atoms with van der Waals surface area (Å²) in [5, 5.41) is 0.299. The molecule has 1 unspecified atom stereocenters. The Labute approximate surface area is 296 Å². The van der Waals surface area contributed by atoms with Gasteiger partial charge in [-0.15, -0.1) is 0 Å². The van der Waals surface area contributed by atoms with Gasteiger partial charge in [0, 0.05) is 0 Å². The molecule has 0 aromatic rings. The number of rotatable bonds is 15. The molecule has 0 amide bonds. The van der Waals surface area contributed by atoms with E-state index < -0.39 is 22.0 Å². The van der Waals surface area contributed by atoms with Crippen molar-refractivity contribution in [2.75, 3.05) is 13.2 Å². The molecule has 0 spiro atoms. The minimum absolute atomic E-state index is 0.00900. The molecule has 0 aromatic heterocycles. The quantitative estimate of drug-likeness (QED) is 0.0556. The predicted octanol–water partition coefficient (Wildman–Crippen LogP) is 10.6. The molecule has 8 heteroatoms. The first-order chi connectivity index (χ1) is 21.8. The average Bonchev–Trinajstić information content (AvgIpc) is 3.69. The molecule has 0 N–H and O–H groups in total. The first-order valence-corrected chi connectivity index (χ1v) is 23.8. The van der Waals surface area contributed by atoms with Crippen LogP contribution in [-0.2, 0) is 27.9 Å². The summed E-state index contributed by atoms with van der Waals surface area (Å²) in [5.74, 6) is -0.197. The van der Waals surface area contributed by atoms with Crippen LogP contribution in [0.4, 0.5) is 0 Å². The van der Waals surface area contributed by atoms with Crippen molar-refractivity contribution >= 4 is 22.6 Å². The number of hydrogen-bond donors (Lipinski definition) is 0. The molecule has 0 bridgehead atoms. The topological polar surface area (TPSA) is 66.5 Å². The Kier molecular flexibility index (Phi) is 15.2. The maximum atomic E-state index is 12.0. The number of ether oxygens (including phenoxy) is 3. The van der Waals surface area contributed by atoms with E-state index in [0.29, 0.717) is 6.61 Å². The zero-order valence-corrected chi connectivity index (χ0v) is 35.3. The van der Waals surface area contributed by atoms with Crippen molar-refractivity contribution in [3.8, 4) is 0 Å². The van der Waals surface area contributed by atoms with E-state index in [1.54, 1.807) is 0 Å². The Bertz CT molecular complexity index is 1210. The van der Waals surface area contributed by atoms with Gasteiger partial charge >= 0.3 is 5.97 Å². The summed E-state index contributed by atoms with van der Waals surface area (Å²) < 4.78 is 31.2. The number of carbonyl (C=O) groups is 1. The fraction of sp³-hybridized carbons (Fsp3) is 0.725. The van der Waals surface area contributed by atoms with Crippen molar-refractivity contribution < 1.29 is 27.9 Å². The van der Waals surface area contributed by atoms with Crippen LogP contribution in [0.15, 0.2) is 59.8 Å². The van der Waals surface area contributed by atoms with Crippen molar-refractivity contribution in [1.82, 2.24) is 0 Å². The summed E-state index contributed by atoms with van der Waals surface area (Å²) in [7, 11) is -3.80. The van der Waals surface area contributed by atoms with Gasteiger partial charge in [0.05, 0.1) is 30.3 Å². The highest BCUT2D eigenvalue weighted by Crippen LogP contribution is 2.40. The molecule has 2 heterocycles. The molecule has 0 radical (unpaired) electrons. The summed E-state index contributed by atoms with van der Waals surface area (Å²) >= 11 is 0. The van der Waals surface area contributed by atoms with E-state index in [-0.39, 0.29) is 53.2 Å². The van der Waals surface area contributed by atoms with Crippen molar-refractivity contribution in [2.45, 2.75) is 169 Å². The number of epoxide rings is 1. The van der Waals surface area contributed by atoms with E-state index in [1.165, 1.54) is 16.7 Å². The lowest BCUT2D eigenvalue weighted by Crippen LogP contribution is -2.43. The minimum Gasteiger partial charge on any atom is -0.461 e. The zero-order chi connectivity index (χ0) is 36.7. The molecule has 274 valence electrons. The van der Waals surface area contributed by atoms with E-state index in [9.17, 15) is 4.79 Å². The summed E-state index contributed by atoms with van der Waals surface area (Å²) in [6, 6.07) is 0. The van der Waals surface area contributed by atoms with E-state index in [0.717, 1.165) is 25.7 Å². The smallest absolute Gasteiger partial charge is 0.311 e. The van der Waals surface area contributed by atoms with E-state index >= 15 is 0 Å². The number of hydrogen-bond acceptors (Lipinski definition) is 6. The molecule has 2 rings (SSSR count). The Morgan fingerprint density at radius 3 is 2.15 bits per heavy atom. The maximum absolute atomic E-state index is 12.0. The minimum atomic E-state index is -2.00. The molecule has 2 aliphatic rings. The maximum Gasteiger partial charge on any atom is 0.311 e. The number of allylic oxidation sites excluding steroid dienone is 2. The van der Waals surface area contributed by atoms with E-state index in [1.807, 2.05) is 32.9 Å². The Morgan fingerprint density at radius 2 is 1.56 bits per heavy atom. The highest BCUT2D eigenvalue weighted by atomic mass is 28.4. The van der Waals surface area contributed by atoms with Gasteiger partial charge in [0.2, 0.25) is 0 Å². The van der Waals surface area contributed by atoms with Gasteiger partial charge < -0.3 is 23.1 Å². The first-order valence-electron chi connectivity index (χ1n) is 18.0. The van der Waals surface area contributed by atoms with Crippen LogP contribution >= 0.6 is 0 Å². The molecule has 5 atom stereocenters. The summed E-state index contributed by atoms with van der Waals surface area (Å²) in [5.41, 5.74) is 3.16. The Balaban J connectivity index is 2.02. The molecule has 0 aromatic carbocycles. The van der Waals surface area contributed by atoms with Gasteiger partial charge in [-0.3, -0.25) is 4.79 Å². The van der Waals surface area contributed by atoms with Crippen LogP contribution in [0.1, 0.15) is 102 Å². The van der Waals surface area contributed by atoms with Crippen molar-refractivity contribution in [3.05, 3.63) is 59.8 Å². The largest absolute Gasteiger partial charge is 0.461 e. The van der Waals surface area contributed by atoms with Gasteiger partial charge in [0.1, 0.15) is 18.8 Å². The molecule has 6 nitrogen and oxygen atoms in total. The van der Waals surface area contributed by atoms with Gasteiger partial charge in [-0.2, -0.15) is 0 Å². The summed E-state index contributed by atoms with van der Waals surface area (Å²) in [6.07, 6.45) is 16.3. The second kappa shape index (κ2) is 17.1. The molecular weight excluding hydrogens is 633 g/mol. The third-order valence-electron chi connectivity index (χ3n) is 10.2. The lowest BCUT2D eigenvalue weighted by molar-refractivity contribution is -0.151. The molecule has 2 fully saturated rings. The van der Waals surface area contributed by atoms with Crippen molar-refractivity contribution in [2.24, 2.45) is 5.41 Å².